The van der Waals surface area contributed by atoms with Crippen molar-refractivity contribution >= 4 is 17.7 Å². The average Bonchev–Trinajstić information content (AvgIpc) is 3.07. The maximum Gasteiger partial charge on any atom is 0.262 e. The monoisotopic (exact) mass is 428 g/mol. The van der Waals surface area contributed by atoms with Gasteiger partial charge in [0.1, 0.15) is 18.4 Å². The molecule has 4 rings (SSSR count). The van der Waals surface area contributed by atoms with E-state index in [1.165, 1.54) is 0 Å². The minimum Gasteiger partial charge on any atom is -0.492 e. The summed E-state index contributed by atoms with van der Waals surface area (Å²) < 4.78 is 5.67. The molecule has 0 spiro atoms. The molecular weight excluding hydrogens is 404 g/mol. The molecule has 3 aromatic rings. The highest BCUT2D eigenvalue weighted by Crippen LogP contribution is 2.26. The quantitative estimate of drug-likeness (QED) is 0.441. The van der Waals surface area contributed by atoms with E-state index in [-0.39, 0.29) is 19.6 Å². The number of benzene rings is 3. The smallest absolute Gasteiger partial charge is 0.262 e. The molecule has 0 aromatic heterocycles. The molecule has 0 bridgehead atoms. The molecule has 162 valence electrons. The van der Waals surface area contributed by atoms with E-state index < -0.39 is 23.8 Å². The molecular formula is C26H24N2O4. The van der Waals surface area contributed by atoms with E-state index in [1.54, 1.807) is 24.3 Å². The fraction of sp³-hybridized carbons (Fsp3) is 0.192. The fourth-order valence-electron chi connectivity index (χ4n) is 3.72. The highest BCUT2D eigenvalue weighted by atomic mass is 16.5. The van der Waals surface area contributed by atoms with E-state index in [2.05, 4.69) is 5.32 Å². The third-order valence-corrected chi connectivity index (χ3v) is 5.40. The molecule has 6 heteroatoms. The van der Waals surface area contributed by atoms with E-state index in [0.29, 0.717) is 16.9 Å². The summed E-state index contributed by atoms with van der Waals surface area (Å²) in [4.78, 5) is 40.2. The molecule has 1 N–H and O–H groups in total. The normalized spacial score (nSPS) is 13.6. The third kappa shape index (κ3) is 4.54. The topological polar surface area (TPSA) is 75.7 Å². The van der Waals surface area contributed by atoms with Crippen LogP contribution in [0, 0.1) is 6.92 Å². The van der Waals surface area contributed by atoms with Gasteiger partial charge in [0.15, 0.2) is 0 Å². The minimum atomic E-state index is -0.954. The molecule has 0 aliphatic carbocycles. The number of fused-ring (bicyclic) bond motifs is 1. The number of nitrogens with one attached hydrogen (secondary N) is 1. The summed E-state index contributed by atoms with van der Waals surface area (Å²) in [6.45, 7) is 2.52. The summed E-state index contributed by atoms with van der Waals surface area (Å²) >= 11 is 0. The van der Waals surface area contributed by atoms with Gasteiger partial charge < -0.3 is 10.1 Å². The van der Waals surface area contributed by atoms with Gasteiger partial charge in [-0.25, -0.2) is 0 Å². The molecule has 1 aliphatic rings. The van der Waals surface area contributed by atoms with Crippen LogP contribution in [0.3, 0.4) is 0 Å². The number of amides is 3. The summed E-state index contributed by atoms with van der Waals surface area (Å²) in [5.41, 5.74) is 2.65. The summed E-state index contributed by atoms with van der Waals surface area (Å²) in [6.07, 6.45) is 0.233. The largest absolute Gasteiger partial charge is 0.492 e. The number of rotatable bonds is 8. The van der Waals surface area contributed by atoms with Crippen LogP contribution in [0.5, 0.6) is 5.75 Å². The lowest BCUT2D eigenvalue weighted by molar-refractivity contribution is -0.125. The molecule has 1 heterocycles. The lowest BCUT2D eigenvalue weighted by Gasteiger charge is -2.25. The van der Waals surface area contributed by atoms with Gasteiger partial charge in [-0.1, -0.05) is 60.2 Å². The van der Waals surface area contributed by atoms with Crippen molar-refractivity contribution in [1.82, 2.24) is 10.2 Å². The highest BCUT2D eigenvalue weighted by Gasteiger charge is 2.42. The van der Waals surface area contributed by atoms with Crippen molar-refractivity contribution in [2.45, 2.75) is 19.4 Å². The SMILES string of the molecule is Cc1ccc(OCCNC(=O)[C@@H](Cc2ccccc2)N2C(=O)c3ccccc3C2=O)cc1. The number of hydrogen-bond acceptors (Lipinski definition) is 4. The zero-order chi connectivity index (χ0) is 22.5. The molecule has 0 saturated carbocycles. The number of nitrogens with zero attached hydrogens (tertiary/aromatic N) is 1. The molecule has 1 atom stereocenters. The van der Waals surface area contributed by atoms with Crippen molar-refractivity contribution in [3.8, 4) is 5.75 Å². The number of ether oxygens (including phenoxy) is 1. The van der Waals surface area contributed by atoms with Crippen LogP contribution < -0.4 is 10.1 Å². The van der Waals surface area contributed by atoms with Crippen molar-refractivity contribution < 1.29 is 19.1 Å². The Bertz CT molecular complexity index is 1090. The fourth-order valence-corrected chi connectivity index (χ4v) is 3.72. The Morgan fingerprint density at radius 2 is 1.47 bits per heavy atom. The van der Waals surface area contributed by atoms with Gasteiger partial charge in [0.25, 0.3) is 11.8 Å². The minimum absolute atomic E-state index is 0.233. The van der Waals surface area contributed by atoms with Gasteiger partial charge in [-0.15, -0.1) is 0 Å². The summed E-state index contributed by atoms with van der Waals surface area (Å²) in [7, 11) is 0. The van der Waals surface area contributed by atoms with Gasteiger partial charge in [0, 0.05) is 6.42 Å². The van der Waals surface area contributed by atoms with Gasteiger partial charge >= 0.3 is 0 Å². The molecule has 3 aromatic carbocycles. The Labute approximate surface area is 186 Å². The van der Waals surface area contributed by atoms with Crippen LogP contribution >= 0.6 is 0 Å². The number of hydrogen-bond donors (Lipinski definition) is 1. The van der Waals surface area contributed by atoms with E-state index in [4.69, 9.17) is 4.74 Å². The molecule has 1 aliphatic heterocycles. The predicted octanol–water partition coefficient (Wildman–Crippen LogP) is 3.40. The Morgan fingerprint density at radius 1 is 0.875 bits per heavy atom. The molecule has 3 amide bonds. The van der Waals surface area contributed by atoms with Crippen LogP contribution in [-0.2, 0) is 11.2 Å². The average molecular weight is 428 g/mol. The van der Waals surface area contributed by atoms with Crippen molar-refractivity contribution in [1.29, 1.82) is 0 Å². The summed E-state index contributed by atoms with van der Waals surface area (Å²) in [6, 6.07) is 22.7. The zero-order valence-electron chi connectivity index (χ0n) is 17.8. The molecule has 0 radical (unpaired) electrons. The van der Waals surface area contributed by atoms with Gasteiger partial charge in [-0.2, -0.15) is 0 Å². The first-order chi connectivity index (χ1) is 15.5. The van der Waals surface area contributed by atoms with Crippen molar-refractivity contribution in [3.63, 3.8) is 0 Å². The standard InChI is InChI=1S/C26H24N2O4/c1-18-11-13-20(14-12-18)32-16-15-27-24(29)23(17-19-7-3-2-4-8-19)28-25(30)21-9-5-6-10-22(21)26(28)31/h2-14,23H,15-17H2,1H3,(H,27,29)/t23-/m1/s1. The Hall–Kier alpha value is -3.93. The number of carbonyl (C=O) groups excluding carboxylic acids is 3. The summed E-state index contributed by atoms with van der Waals surface area (Å²) in [5, 5.41) is 2.82. The molecule has 0 unspecified atom stereocenters. The van der Waals surface area contributed by atoms with E-state index >= 15 is 0 Å². The maximum atomic E-state index is 13.1. The van der Waals surface area contributed by atoms with Crippen LogP contribution in [0.15, 0.2) is 78.9 Å². The molecule has 0 fully saturated rings. The van der Waals surface area contributed by atoms with Crippen LogP contribution in [0.4, 0.5) is 0 Å². The maximum absolute atomic E-state index is 13.1. The Balaban J connectivity index is 1.47. The lowest BCUT2D eigenvalue weighted by atomic mass is 10.0. The van der Waals surface area contributed by atoms with E-state index in [9.17, 15) is 14.4 Å². The van der Waals surface area contributed by atoms with Crippen LogP contribution in [0.1, 0.15) is 31.8 Å². The second-order valence-corrected chi connectivity index (χ2v) is 7.68. The number of aryl methyl sites for hydroxylation is 1. The van der Waals surface area contributed by atoms with Crippen molar-refractivity contribution in [2.75, 3.05) is 13.2 Å². The third-order valence-electron chi connectivity index (χ3n) is 5.40. The Morgan fingerprint density at radius 3 is 2.09 bits per heavy atom. The van der Waals surface area contributed by atoms with Crippen LogP contribution in [-0.4, -0.2) is 41.8 Å². The number of imide groups is 1. The first-order valence-corrected chi connectivity index (χ1v) is 10.5. The Kier molecular flexibility index (Phi) is 6.31. The second-order valence-electron chi connectivity index (χ2n) is 7.68. The molecule has 32 heavy (non-hydrogen) atoms. The molecule has 6 nitrogen and oxygen atoms in total. The first-order valence-electron chi connectivity index (χ1n) is 10.5. The second kappa shape index (κ2) is 9.47. The molecule has 0 saturated heterocycles. The van der Waals surface area contributed by atoms with Gasteiger partial charge in [-0.05, 0) is 36.8 Å². The first kappa shape index (κ1) is 21.3. The van der Waals surface area contributed by atoms with Crippen molar-refractivity contribution in [3.05, 3.63) is 101 Å². The van der Waals surface area contributed by atoms with Crippen LogP contribution in [0.2, 0.25) is 0 Å². The van der Waals surface area contributed by atoms with E-state index in [1.807, 2.05) is 61.5 Å². The number of carbonyl (C=O) groups is 3. The van der Waals surface area contributed by atoms with Crippen molar-refractivity contribution in [2.24, 2.45) is 0 Å². The van der Waals surface area contributed by atoms with E-state index in [0.717, 1.165) is 16.0 Å². The zero-order valence-corrected chi connectivity index (χ0v) is 17.8. The summed E-state index contributed by atoms with van der Waals surface area (Å²) in [5.74, 6) is -0.572. The highest BCUT2D eigenvalue weighted by molar-refractivity contribution is 6.22. The predicted molar refractivity (Wildman–Crippen MR) is 121 cm³/mol. The van der Waals surface area contributed by atoms with Gasteiger partial charge in [0.05, 0.1) is 17.7 Å². The van der Waals surface area contributed by atoms with Crippen LogP contribution in [0.25, 0.3) is 0 Å². The van der Waals surface area contributed by atoms with Gasteiger partial charge in [-0.3, -0.25) is 19.3 Å². The lowest BCUT2D eigenvalue weighted by Crippen LogP contribution is -2.51. The van der Waals surface area contributed by atoms with Gasteiger partial charge in [0.2, 0.25) is 5.91 Å².